The van der Waals surface area contributed by atoms with Crippen LogP contribution in [0.25, 0.3) is 22.1 Å². The largest absolute Gasteiger partial charge is 0.323 e. The van der Waals surface area contributed by atoms with Gasteiger partial charge in [0.05, 0.1) is 22.1 Å². The lowest BCUT2D eigenvalue weighted by Gasteiger charge is -2.09. The van der Waals surface area contributed by atoms with Gasteiger partial charge in [0, 0.05) is 17.8 Å². The van der Waals surface area contributed by atoms with E-state index in [4.69, 9.17) is 0 Å². The Kier molecular flexibility index (Phi) is 3.76. The summed E-state index contributed by atoms with van der Waals surface area (Å²) in [5.41, 5.74) is 1.31. The summed E-state index contributed by atoms with van der Waals surface area (Å²) in [4.78, 5) is 55.3. The van der Waals surface area contributed by atoms with E-state index in [0.717, 1.165) is 0 Å². The number of amides is 1. The minimum atomic E-state index is -0.733. The standard InChI is InChI=1S/C18H15N5O4/c1-2-23-14-6-3-9(7-13(14)20-16(25)17(23)26)15(24)19-10-4-5-11-12(8-10)22-18(27)21-11/h3-8H,2H2,1H3,(H,19,24)(H,20,25)(H2,21,22,27). The molecule has 0 aliphatic carbocycles. The van der Waals surface area contributed by atoms with Gasteiger partial charge in [0.1, 0.15) is 0 Å². The molecule has 2 aromatic carbocycles. The lowest BCUT2D eigenvalue weighted by atomic mass is 10.1. The summed E-state index contributed by atoms with van der Waals surface area (Å²) in [6.07, 6.45) is 0. The topological polar surface area (TPSA) is 133 Å². The summed E-state index contributed by atoms with van der Waals surface area (Å²) >= 11 is 0. The van der Waals surface area contributed by atoms with Crippen LogP contribution in [0.15, 0.2) is 50.8 Å². The highest BCUT2D eigenvalue weighted by Gasteiger charge is 2.11. The quantitative estimate of drug-likeness (QED) is 0.405. The highest BCUT2D eigenvalue weighted by molar-refractivity contribution is 6.06. The first kappa shape index (κ1) is 16.6. The number of nitrogens with one attached hydrogen (secondary N) is 4. The average molecular weight is 365 g/mol. The fourth-order valence-electron chi connectivity index (χ4n) is 3.05. The van der Waals surface area contributed by atoms with Crippen LogP contribution in [0.2, 0.25) is 0 Å². The van der Waals surface area contributed by atoms with Gasteiger partial charge in [-0.1, -0.05) is 0 Å². The molecule has 0 saturated heterocycles. The molecule has 4 N–H and O–H groups in total. The fraction of sp³-hybridized carbons (Fsp3) is 0.111. The molecule has 0 spiro atoms. The third-order valence-corrected chi connectivity index (χ3v) is 4.33. The zero-order valence-electron chi connectivity index (χ0n) is 14.3. The van der Waals surface area contributed by atoms with E-state index in [0.29, 0.717) is 39.9 Å². The van der Waals surface area contributed by atoms with E-state index in [9.17, 15) is 19.2 Å². The van der Waals surface area contributed by atoms with E-state index in [1.165, 1.54) is 10.6 Å². The van der Waals surface area contributed by atoms with Crippen molar-refractivity contribution in [2.75, 3.05) is 5.32 Å². The number of carbonyl (C=O) groups is 1. The number of hydrogen-bond donors (Lipinski definition) is 4. The van der Waals surface area contributed by atoms with Gasteiger partial charge < -0.3 is 24.8 Å². The van der Waals surface area contributed by atoms with Crippen LogP contribution in [-0.2, 0) is 6.54 Å². The Labute approximate surface area is 150 Å². The Morgan fingerprint density at radius 2 is 1.74 bits per heavy atom. The van der Waals surface area contributed by atoms with Gasteiger partial charge in [-0.3, -0.25) is 14.4 Å². The number of aromatic amines is 3. The molecule has 0 fully saturated rings. The Hall–Kier alpha value is -3.88. The molecule has 4 aromatic rings. The normalized spacial score (nSPS) is 11.1. The van der Waals surface area contributed by atoms with Crippen molar-refractivity contribution >= 4 is 33.7 Å². The van der Waals surface area contributed by atoms with Crippen molar-refractivity contribution in [1.29, 1.82) is 0 Å². The number of anilines is 1. The lowest BCUT2D eigenvalue weighted by molar-refractivity contribution is 0.102. The van der Waals surface area contributed by atoms with Crippen molar-refractivity contribution < 1.29 is 4.79 Å². The van der Waals surface area contributed by atoms with Crippen molar-refractivity contribution in [1.82, 2.24) is 19.5 Å². The number of rotatable bonds is 3. The average Bonchev–Trinajstić information content (AvgIpc) is 3.01. The molecule has 0 aliphatic heterocycles. The molecule has 136 valence electrons. The SMILES string of the molecule is CCn1c(=O)c(=O)[nH]c2cc(C(=O)Nc3ccc4[nH]c(=O)[nH]c4c3)ccc21. The van der Waals surface area contributed by atoms with Gasteiger partial charge in [0.2, 0.25) is 0 Å². The first-order chi connectivity index (χ1) is 13.0. The molecular weight excluding hydrogens is 350 g/mol. The van der Waals surface area contributed by atoms with E-state index in [1.54, 1.807) is 37.3 Å². The molecule has 0 radical (unpaired) electrons. The van der Waals surface area contributed by atoms with Gasteiger partial charge in [0.25, 0.3) is 5.91 Å². The maximum absolute atomic E-state index is 12.6. The summed E-state index contributed by atoms with van der Waals surface area (Å²) in [7, 11) is 0. The summed E-state index contributed by atoms with van der Waals surface area (Å²) in [5, 5.41) is 2.74. The third kappa shape index (κ3) is 2.84. The number of H-pyrrole nitrogens is 3. The smallest absolute Gasteiger partial charge is 0.322 e. The third-order valence-electron chi connectivity index (χ3n) is 4.33. The van der Waals surface area contributed by atoms with Crippen LogP contribution in [0.5, 0.6) is 0 Å². The van der Waals surface area contributed by atoms with Gasteiger partial charge in [-0.2, -0.15) is 0 Å². The maximum Gasteiger partial charge on any atom is 0.323 e. The van der Waals surface area contributed by atoms with Crippen LogP contribution in [0.3, 0.4) is 0 Å². The second-order valence-corrected chi connectivity index (χ2v) is 6.03. The first-order valence-electron chi connectivity index (χ1n) is 8.26. The van der Waals surface area contributed by atoms with Gasteiger partial charge >= 0.3 is 16.8 Å². The molecule has 9 heteroatoms. The zero-order valence-corrected chi connectivity index (χ0v) is 14.3. The predicted molar refractivity (Wildman–Crippen MR) is 101 cm³/mol. The number of aryl methyl sites for hydroxylation is 1. The molecule has 0 atom stereocenters. The summed E-state index contributed by atoms with van der Waals surface area (Å²) in [6.45, 7) is 2.11. The van der Waals surface area contributed by atoms with Crippen molar-refractivity contribution in [2.24, 2.45) is 0 Å². The van der Waals surface area contributed by atoms with Crippen LogP contribution in [-0.4, -0.2) is 25.4 Å². The monoisotopic (exact) mass is 365 g/mol. The molecule has 27 heavy (non-hydrogen) atoms. The molecule has 0 saturated carbocycles. The Morgan fingerprint density at radius 3 is 2.52 bits per heavy atom. The maximum atomic E-state index is 12.6. The molecule has 0 bridgehead atoms. The first-order valence-corrected chi connectivity index (χ1v) is 8.26. The van der Waals surface area contributed by atoms with Crippen LogP contribution in [0, 0.1) is 0 Å². The lowest BCUT2D eigenvalue weighted by Crippen LogP contribution is -2.36. The van der Waals surface area contributed by atoms with Gasteiger partial charge in [-0.15, -0.1) is 0 Å². The zero-order chi connectivity index (χ0) is 19.1. The van der Waals surface area contributed by atoms with Crippen molar-refractivity contribution in [2.45, 2.75) is 13.5 Å². The van der Waals surface area contributed by atoms with Crippen LogP contribution in [0.4, 0.5) is 5.69 Å². The number of aromatic nitrogens is 4. The predicted octanol–water partition coefficient (Wildman–Crippen LogP) is 1.13. The number of hydrogen-bond acceptors (Lipinski definition) is 4. The summed E-state index contributed by atoms with van der Waals surface area (Å²) in [6, 6.07) is 9.72. The second-order valence-electron chi connectivity index (χ2n) is 6.03. The van der Waals surface area contributed by atoms with Gasteiger partial charge in [-0.25, -0.2) is 4.79 Å². The second kappa shape index (κ2) is 6.13. The molecular formula is C18H15N5O4. The van der Waals surface area contributed by atoms with Crippen molar-refractivity contribution in [3.63, 3.8) is 0 Å². The molecule has 0 unspecified atom stereocenters. The number of carbonyl (C=O) groups excluding carboxylic acids is 1. The molecule has 4 rings (SSSR count). The van der Waals surface area contributed by atoms with Crippen LogP contribution in [0.1, 0.15) is 17.3 Å². The Morgan fingerprint density at radius 1 is 0.963 bits per heavy atom. The van der Waals surface area contributed by atoms with E-state index >= 15 is 0 Å². The van der Waals surface area contributed by atoms with E-state index in [1.807, 2.05) is 0 Å². The number of benzene rings is 2. The molecule has 9 nitrogen and oxygen atoms in total. The highest BCUT2D eigenvalue weighted by Crippen LogP contribution is 2.17. The van der Waals surface area contributed by atoms with Crippen molar-refractivity contribution in [3.8, 4) is 0 Å². The fourth-order valence-corrected chi connectivity index (χ4v) is 3.05. The van der Waals surface area contributed by atoms with E-state index < -0.39 is 11.1 Å². The highest BCUT2D eigenvalue weighted by atomic mass is 16.2. The number of imidazole rings is 1. The van der Waals surface area contributed by atoms with Crippen LogP contribution >= 0.6 is 0 Å². The molecule has 0 aliphatic rings. The van der Waals surface area contributed by atoms with Crippen LogP contribution < -0.4 is 22.1 Å². The summed E-state index contributed by atoms with van der Waals surface area (Å²) < 4.78 is 1.35. The number of fused-ring (bicyclic) bond motifs is 2. The van der Waals surface area contributed by atoms with Gasteiger partial charge in [0.15, 0.2) is 0 Å². The minimum absolute atomic E-state index is 0.321. The number of nitrogens with zero attached hydrogens (tertiary/aromatic N) is 1. The van der Waals surface area contributed by atoms with E-state index in [2.05, 4.69) is 20.3 Å². The van der Waals surface area contributed by atoms with Gasteiger partial charge in [-0.05, 0) is 43.3 Å². The Balaban J connectivity index is 1.71. The minimum Gasteiger partial charge on any atom is -0.322 e. The molecule has 2 heterocycles. The summed E-state index contributed by atoms with van der Waals surface area (Å²) in [5.74, 6) is -0.385. The Bertz CT molecular complexity index is 1370. The molecule has 2 aromatic heterocycles. The van der Waals surface area contributed by atoms with E-state index in [-0.39, 0.29) is 11.6 Å². The molecule has 1 amide bonds. The van der Waals surface area contributed by atoms with Crippen molar-refractivity contribution in [3.05, 3.63) is 73.2 Å².